The van der Waals surface area contributed by atoms with Crippen molar-refractivity contribution >= 4 is 11.5 Å². The molecule has 0 spiro atoms. The number of anilines is 1. The number of hydrogen-bond acceptors (Lipinski definition) is 4. The summed E-state index contributed by atoms with van der Waals surface area (Å²) in [4.78, 5) is 12.4. The number of Topliss-reactive ketones (excluding diaryl/α,β-unsaturated/α-hetero) is 1. The molecule has 0 bridgehead atoms. The number of ketones is 1. The number of carbonyl (C=O) groups is 1. The van der Waals surface area contributed by atoms with Gasteiger partial charge in [-0.15, -0.1) is 0 Å². The van der Waals surface area contributed by atoms with Gasteiger partial charge in [0.05, 0.1) is 5.54 Å². The summed E-state index contributed by atoms with van der Waals surface area (Å²) in [6, 6.07) is 6.93. The highest BCUT2D eigenvalue weighted by Gasteiger charge is 2.38. The third-order valence-corrected chi connectivity index (χ3v) is 3.45. The van der Waals surface area contributed by atoms with Crippen LogP contribution in [0.15, 0.2) is 24.3 Å². The Hall–Kier alpha value is -1.39. The van der Waals surface area contributed by atoms with Crippen molar-refractivity contribution in [1.82, 2.24) is 0 Å². The Kier molecular flexibility index (Phi) is 3.17. The molecule has 0 amide bonds. The van der Waals surface area contributed by atoms with Gasteiger partial charge in [-0.25, -0.2) is 0 Å². The molecule has 2 unspecified atom stereocenters. The molecule has 1 fully saturated rings. The summed E-state index contributed by atoms with van der Waals surface area (Å²) in [5, 5.41) is 0. The molecule has 1 aliphatic rings. The van der Waals surface area contributed by atoms with E-state index in [1.165, 1.54) is 0 Å². The minimum atomic E-state index is -0.798. The maximum absolute atomic E-state index is 12.4. The maximum Gasteiger partial charge on any atom is 0.182 e. The first kappa shape index (κ1) is 12.1. The Balaban J connectivity index is 2.21. The zero-order valence-corrected chi connectivity index (χ0v) is 9.86. The van der Waals surface area contributed by atoms with Crippen molar-refractivity contribution in [3.8, 4) is 0 Å². The van der Waals surface area contributed by atoms with Crippen molar-refractivity contribution < 1.29 is 4.79 Å². The van der Waals surface area contributed by atoms with Crippen LogP contribution in [-0.4, -0.2) is 17.4 Å². The average Bonchev–Trinajstić information content (AvgIpc) is 2.29. The minimum absolute atomic E-state index is 0.0207. The number of hydrogen-bond donors (Lipinski definition) is 3. The van der Waals surface area contributed by atoms with Crippen molar-refractivity contribution in [3.05, 3.63) is 29.8 Å². The van der Waals surface area contributed by atoms with Gasteiger partial charge in [-0.1, -0.05) is 0 Å². The van der Waals surface area contributed by atoms with Crippen molar-refractivity contribution in [2.75, 3.05) is 5.73 Å². The second-order valence-electron chi connectivity index (χ2n) is 4.96. The Morgan fingerprint density at radius 1 is 1.29 bits per heavy atom. The first-order chi connectivity index (χ1) is 8.01. The summed E-state index contributed by atoms with van der Waals surface area (Å²) in [5.74, 6) is -0.0207. The molecule has 0 aromatic heterocycles. The molecule has 0 heterocycles. The van der Waals surface area contributed by atoms with Crippen LogP contribution in [0.5, 0.6) is 0 Å². The van der Waals surface area contributed by atoms with Crippen molar-refractivity contribution in [2.45, 2.75) is 37.3 Å². The fraction of sp³-hybridized carbons (Fsp3) is 0.462. The van der Waals surface area contributed by atoms with E-state index in [1.54, 1.807) is 24.3 Å². The molecule has 17 heavy (non-hydrogen) atoms. The van der Waals surface area contributed by atoms with E-state index in [4.69, 9.17) is 17.2 Å². The molecule has 1 aromatic carbocycles. The number of carbonyl (C=O) groups excluding carboxylic acids is 1. The van der Waals surface area contributed by atoms with Crippen LogP contribution in [0.4, 0.5) is 5.69 Å². The van der Waals surface area contributed by atoms with E-state index in [0.717, 1.165) is 12.8 Å². The zero-order valence-electron chi connectivity index (χ0n) is 9.86. The summed E-state index contributed by atoms with van der Waals surface area (Å²) >= 11 is 0. The first-order valence-corrected chi connectivity index (χ1v) is 5.96. The van der Waals surface area contributed by atoms with Gasteiger partial charge < -0.3 is 17.2 Å². The standard InChI is InChI=1S/C13H19N3O/c14-10-5-3-9(4-6-10)12(17)13(16)7-1-2-11(15)8-13/h3-6,11H,1-2,7-8,14-16H2. The smallest absolute Gasteiger partial charge is 0.182 e. The van der Waals surface area contributed by atoms with Crippen LogP contribution < -0.4 is 17.2 Å². The Bertz CT molecular complexity index is 415. The van der Waals surface area contributed by atoms with Crippen LogP contribution in [0.3, 0.4) is 0 Å². The molecule has 4 nitrogen and oxygen atoms in total. The Morgan fingerprint density at radius 3 is 2.53 bits per heavy atom. The molecule has 2 rings (SSSR count). The van der Waals surface area contributed by atoms with Crippen molar-refractivity contribution in [2.24, 2.45) is 11.5 Å². The van der Waals surface area contributed by atoms with Crippen LogP contribution in [-0.2, 0) is 0 Å². The highest BCUT2D eigenvalue weighted by atomic mass is 16.1. The van der Waals surface area contributed by atoms with Crippen LogP contribution in [0, 0.1) is 0 Å². The normalized spacial score (nSPS) is 28.9. The predicted octanol–water partition coefficient (Wildman–Crippen LogP) is 1.05. The summed E-state index contributed by atoms with van der Waals surface area (Å²) in [6.45, 7) is 0. The lowest BCUT2D eigenvalue weighted by Crippen LogP contribution is -2.54. The van der Waals surface area contributed by atoms with Gasteiger partial charge in [-0.05, 0) is 49.9 Å². The van der Waals surface area contributed by atoms with Crippen LogP contribution in [0.25, 0.3) is 0 Å². The van der Waals surface area contributed by atoms with Crippen LogP contribution in [0.2, 0.25) is 0 Å². The lowest BCUT2D eigenvalue weighted by Gasteiger charge is -2.35. The van der Waals surface area contributed by atoms with Gasteiger partial charge in [0, 0.05) is 17.3 Å². The maximum atomic E-state index is 12.4. The molecule has 6 N–H and O–H groups in total. The monoisotopic (exact) mass is 233 g/mol. The fourth-order valence-electron chi connectivity index (χ4n) is 2.48. The van der Waals surface area contributed by atoms with Crippen LogP contribution in [0.1, 0.15) is 36.0 Å². The molecular formula is C13H19N3O. The fourth-order valence-corrected chi connectivity index (χ4v) is 2.48. The predicted molar refractivity (Wildman–Crippen MR) is 68.5 cm³/mol. The van der Waals surface area contributed by atoms with Gasteiger partial charge in [-0.3, -0.25) is 4.79 Å². The molecule has 0 radical (unpaired) electrons. The molecule has 1 aromatic rings. The second kappa shape index (κ2) is 4.47. The summed E-state index contributed by atoms with van der Waals surface area (Å²) in [6.07, 6.45) is 3.15. The van der Waals surface area contributed by atoms with Gasteiger partial charge in [0.15, 0.2) is 5.78 Å². The molecule has 0 aliphatic heterocycles. The molecule has 1 saturated carbocycles. The number of nitrogen functional groups attached to an aromatic ring is 1. The lowest BCUT2D eigenvalue weighted by molar-refractivity contribution is 0.0837. The van der Waals surface area contributed by atoms with E-state index in [2.05, 4.69) is 0 Å². The van der Waals surface area contributed by atoms with Crippen molar-refractivity contribution in [3.63, 3.8) is 0 Å². The van der Waals surface area contributed by atoms with E-state index in [-0.39, 0.29) is 11.8 Å². The Morgan fingerprint density at radius 2 is 1.94 bits per heavy atom. The summed E-state index contributed by atoms with van der Waals surface area (Å²) < 4.78 is 0. The van der Waals surface area contributed by atoms with E-state index < -0.39 is 5.54 Å². The molecular weight excluding hydrogens is 214 g/mol. The van der Waals surface area contributed by atoms with Gasteiger partial charge >= 0.3 is 0 Å². The van der Waals surface area contributed by atoms with Gasteiger partial charge in [0.1, 0.15) is 0 Å². The van der Waals surface area contributed by atoms with E-state index >= 15 is 0 Å². The minimum Gasteiger partial charge on any atom is -0.399 e. The zero-order chi connectivity index (χ0) is 12.5. The number of benzene rings is 1. The molecule has 2 atom stereocenters. The third-order valence-electron chi connectivity index (χ3n) is 3.45. The Labute approximate surface area is 101 Å². The highest BCUT2D eigenvalue weighted by molar-refractivity contribution is 6.03. The largest absolute Gasteiger partial charge is 0.399 e. The topological polar surface area (TPSA) is 95.1 Å². The molecule has 0 saturated heterocycles. The number of rotatable bonds is 2. The summed E-state index contributed by atoms with van der Waals surface area (Å²) in [5.41, 5.74) is 18.2. The highest BCUT2D eigenvalue weighted by Crippen LogP contribution is 2.28. The van der Waals surface area contributed by atoms with E-state index in [0.29, 0.717) is 24.1 Å². The van der Waals surface area contributed by atoms with Gasteiger partial charge in [-0.2, -0.15) is 0 Å². The van der Waals surface area contributed by atoms with E-state index in [1.807, 2.05) is 0 Å². The number of nitrogens with two attached hydrogens (primary N) is 3. The second-order valence-corrected chi connectivity index (χ2v) is 4.96. The average molecular weight is 233 g/mol. The quantitative estimate of drug-likeness (QED) is 0.525. The van der Waals surface area contributed by atoms with Gasteiger partial charge in [0.25, 0.3) is 0 Å². The summed E-state index contributed by atoms with van der Waals surface area (Å²) in [7, 11) is 0. The lowest BCUT2D eigenvalue weighted by atomic mass is 9.75. The van der Waals surface area contributed by atoms with Crippen molar-refractivity contribution in [1.29, 1.82) is 0 Å². The van der Waals surface area contributed by atoms with E-state index in [9.17, 15) is 4.79 Å². The van der Waals surface area contributed by atoms with Gasteiger partial charge in [0.2, 0.25) is 0 Å². The molecule has 4 heteroatoms. The third kappa shape index (κ3) is 2.48. The SMILES string of the molecule is Nc1ccc(C(=O)C2(N)CCCC(N)C2)cc1. The molecule has 92 valence electrons. The van der Waals surface area contributed by atoms with Crippen LogP contribution >= 0.6 is 0 Å². The first-order valence-electron chi connectivity index (χ1n) is 5.96. The molecule has 1 aliphatic carbocycles.